The average Bonchev–Trinajstić information content (AvgIpc) is 2.40. The van der Waals surface area contributed by atoms with Gasteiger partial charge in [-0.25, -0.2) is 0 Å². The molecule has 0 aromatic heterocycles. The first-order valence-electron chi connectivity index (χ1n) is 8.16. The van der Waals surface area contributed by atoms with E-state index in [0.717, 1.165) is 18.5 Å². The molecule has 2 atom stereocenters. The summed E-state index contributed by atoms with van der Waals surface area (Å²) in [6, 6.07) is 8.07. The van der Waals surface area contributed by atoms with Crippen LogP contribution in [-0.2, 0) is 4.79 Å². The summed E-state index contributed by atoms with van der Waals surface area (Å²) in [7, 11) is 0. The third kappa shape index (κ3) is 4.09. The van der Waals surface area contributed by atoms with E-state index in [1.165, 1.54) is 12.0 Å². The average molecular weight is 287 g/mol. The Kier molecular flexibility index (Phi) is 4.75. The van der Waals surface area contributed by atoms with Gasteiger partial charge in [-0.15, -0.1) is 0 Å². The summed E-state index contributed by atoms with van der Waals surface area (Å²) < 4.78 is 0. The number of nitrogens with one attached hydrogen (secondary N) is 1. The van der Waals surface area contributed by atoms with Gasteiger partial charge in [0.1, 0.15) is 0 Å². The zero-order valence-corrected chi connectivity index (χ0v) is 14.1. The van der Waals surface area contributed by atoms with Crippen LogP contribution < -0.4 is 5.32 Å². The highest BCUT2D eigenvalue weighted by molar-refractivity contribution is 5.92. The number of carbonyl (C=O) groups excluding carboxylic acids is 1. The van der Waals surface area contributed by atoms with E-state index in [1.54, 1.807) is 0 Å². The number of amides is 1. The van der Waals surface area contributed by atoms with E-state index >= 15 is 0 Å². The van der Waals surface area contributed by atoms with Gasteiger partial charge in [0.15, 0.2) is 0 Å². The topological polar surface area (TPSA) is 29.1 Å². The first-order valence-corrected chi connectivity index (χ1v) is 8.16. The number of hydrogen-bond donors (Lipinski definition) is 1. The second-order valence-electron chi connectivity index (χ2n) is 7.78. The van der Waals surface area contributed by atoms with Crippen molar-refractivity contribution in [1.29, 1.82) is 0 Å². The number of rotatable bonds is 3. The molecule has 0 radical (unpaired) electrons. The van der Waals surface area contributed by atoms with Crippen LogP contribution in [0.5, 0.6) is 0 Å². The Hall–Kier alpha value is -1.31. The van der Waals surface area contributed by atoms with Crippen LogP contribution >= 0.6 is 0 Å². The van der Waals surface area contributed by atoms with Crippen LogP contribution in [0.1, 0.15) is 52.5 Å². The lowest BCUT2D eigenvalue weighted by Gasteiger charge is -2.41. The molecule has 0 saturated heterocycles. The predicted molar refractivity (Wildman–Crippen MR) is 89.3 cm³/mol. The van der Waals surface area contributed by atoms with Crippen LogP contribution in [0.2, 0.25) is 0 Å². The first kappa shape index (κ1) is 16.1. The molecule has 0 heterocycles. The number of carbonyl (C=O) groups is 1. The van der Waals surface area contributed by atoms with Gasteiger partial charge in [0, 0.05) is 11.6 Å². The van der Waals surface area contributed by atoms with Gasteiger partial charge >= 0.3 is 0 Å². The zero-order chi connectivity index (χ0) is 15.6. The van der Waals surface area contributed by atoms with E-state index in [0.29, 0.717) is 11.8 Å². The van der Waals surface area contributed by atoms with Crippen molar-refractivity contribution in [1.82, 2.24) is 0 Å². The summed E-state index contributed by atoms with van der Waals surface area (Å²) in [6.45, 7) is 11.1. The van der Waals surface area contributed by atoms with Crippen LogP contribution in [0.15, 0.2) is 24.3 Å². The Morgan fingerprint density at radius 2 is 1.86 bits per heavy atom. The molecular formula is C19H29NO. The SMILES string of the molecule is Cc1ccc(NC(=O)C2CC(C)(C)CCC2C(C)C)cc1. The van der Waals surface area contributed by atoms with Crippen molar-refractivity contribution >= 4 is 11.6 Å². The van der Waals surface area contributed by atoms with Crippen molar-refractivity contribution in [3.63, 3.8) is 0 Å². The fourth-order valence-electron chi connectivity index (χ4n) is 3.56. The lowest BCUT2D eigenvalue weighted by Crippen LogP contribution is -2.39. The van der Waals surface area contributed by atoms with Crippen LogP contribution in [0.4, 0.5) is 5.69 Å². The zero-order valence-electron chi connectivity index (χ0n) is 14.1. The van der Waals surface area contributed by atoms with Crippen LogP contribution in [0, 0.1) is 30.1 Å². The van der Waals surface area contributed by atoms with Crippen molar-refractivity contribution < 1.29 is 4.79 Å². The van der Waals surface area contributed by atoms with Gasteiger partial charge in [-0.3, -0.25) is 4.79 Å². The molecule has 1 aromatic carbocycles. The van der Waals surface area contributed by atoms with Gasteiger partial charge in [0.05, 0.1) is 0 Å². The van der Waals surface area contributed by atoms with Crippen molar-refractivity contribution in [3.05, 3.63) is 29.8 Å². The normalized spacial score (nSPS) is 24.9. The van der Waals surface area contributed by atoms with Gasteiger partial charge in [0.25, 0.3) is 0 Å². The van der Waals surface area contributed by atoms with E-state index in [1.807, 2.05) is 24.3 Å². The molecule has 0 spiro atoms. The summed E-state index contributed by atoms with van der Waals surface area (Å²) in [6.07, 6.45) is 3.38. The van der Waals surface area contributed by atoms with Crippen molar-refractivity contribution in [2.75, 3.05) is 5.32 Å². The Morgan fingerprint density at radius 1 is 1.24 bits per heavy atom. The Morgan fingerprint density at radius 3 is 2.43 bits per heavy atom. The molecule has 1 aliphatic carbocycles. The lowest BCUT2D eigenvalue weighted by molar-refractivity contribution is -0.125. The Labute approximate surface area is 129 Å². The molecule has 1 aliphatic rings. The Bertz CT molecular complexity index is 487. The molecule has 116 valence electrons. The number of anilines is 1. The molecule has 1 N–H and O–H groups in total. The molecule has 1 amide bonds. The van der Waals surface area contributed by atoms with E-state index in [4.69, 9.17) is 0 Å². The number of hydrogen-bond acceptors (Lipinski definition) is 1. The molecular weight excluding hydrogens is 258 g/mol. The summed E-state index contributed by atoms with van der Waals surface area (Å²) in [5.41, 5.74) is 2.41. The number of aryl methyl sites for hydroxylation is 1. The molecule has 1 aromatic rings. The maximum atomic E-state index is 12.7. The number of benzene rings is 1. The highest BCUT2D eigenvalue weighted by Gasteiger charge is 2.39. The summed E-state index contributed by atoms with van der Waals surface area (Å²) in [4.78, 5) is 12.7. The van der Waals surface area contributed by atoms with E-state index in [9.17, 15) is 4.79 Å². The van der Waals surface area contributed by atoms with Crippen molar-refractivity contribution in [2.45, 2.75) is 53.9 Å². The molecule has 21 heavy (non-hydrogen) atoms. The Balaban J connectivity index is 2.11. The van der Waals surface area contributed by atoms with Crippen molar-refractivity contribution in [2.24, 2.45) is 23.2 Å². The molecule has 2 rings (SSSR count). The maximum Gasteiger partial charge on any atom is 0.227 e. The van der Waals surface area contributed by atoms with Gasteiger partial charge < -0.3 is 5.32 Å². The van der Waals surface area contributed by atoms with E-state index < -0.39 is 0 Å². The molecule has 0 bridgehead atoms. The van der Waals surface area contributed by atoms with E-state index in [2.05, 4.69) is 39.9 Å². The second-order valence-corrected chi connectivity index (χ2v) is 7.78. The summed E-state index contributed by atoms with van der Waals surface area (Å²) >= 11 is 0. The van der Waals surface area contributed by atoms with Crippen LogP contribution in [0.25, 0.3) is 0 Å². The molecule has 1 fully saturated rings. The van der Waals surface area contributed by atoms with Gasteiger partial charge in [0.2, 0.25) is 5.91 Å². The third-order valence-corrected chi connectivity index (χ3v) is 4.96. The first-order chi connectivity index (χ1) is 9.78. The predicted octanol–water partition coefficient (Wildman–Crippen LogP) is 5.03. The highest BCUT2D eigenvalue weighted by Crippen LogP contribution is 2.44. The standard InChI is InChI=1S/C19H29NO/c1-13(2)16-10-11-19(4,5)12-17(16)18(21)20-15-8-6-14(3)7-9-15/h6-9,13,16-17H,10-12H2,1-5H3,(H,20,21). The minimum Gasteiger partial charge on any atom is -0.326 e. The maximum absolute atomic E-state index is 12.7. The fraction of sp³-hybridized carbons (Fsp3) is 0.632. The molecule has 0 aliphatic heterocycles. The molecule has 1 saturated carbocycles. The largest absolute Gasteiger partial charge is 0.326 e. The van der Waals surface area contributed by atoms with Gasteiger partial charge in [-0.1, -0.05) is 45.4 Å². The quantitative estimate of drug-likeness (QED) is 0.829. The van der Waals surface area contributed by atoms with E-state index in [-0.39, 0.29) is 17.2 Å². The smallest absolute Gasteiger partial charge is 0.227 e. The highest BCUT2D eigenvalue weighted by atomic mass is 16.1. The minimum absolute atomic E-state index is 0.134. The second kappa shape index (κ2) is 6.21. The molecule has 2 heteroatoms. The van der Waals surface area contributed by atoms with Crippen molar-refractivity contribution in [3.8, 4) is 0 Å². The fourth-order valence-corrected chi connectivity index (χ4v) is 3.56. The minimum atomic E-state index is 0.134. The van der Waals surface area contributed by atoms with Crippen LogP contribution in [0.3, 0.4) is 0 Å². The third-order valence-electron chi connectivity index (χ3n) is 4.96. The van der Waals surface area contributed by atoms with Gasteiger partial charge in [-0.05, 0) is 55.6 Å². The monoisotopic (exact) mass is 287 g/mol. The van der Waals surface area contributed by atoms with Crippen LogP contribution in [-0.4, -0.2) is 5.91 Å². The summed E-state index contributed by atoms with van der Waals surface area (Å²) in [5.74, 6) is 1.40. The van der Waals surface area contributed by atoms with Gasteiger partial charge in [-0.2, -0.15) is 0 Å². The molecule has 2 nitrogen and oxygen atoms in total. The molecule has 2 unspecified atom stereocenters. The summed E-state index contributed by atoms with van der Waals surface area (Å²) in [5, 5.41) is 3.12. The lowest BCUT2D eigenvalue weighted by atomic mass is 9.64.